The molecule has 5 heteroatoms. The van der Waals surface area contributed by atoms with Crippen LogP contribution in [0.1, 0.15) is 39.5 Å². The van der Waals surface area contributed by atoms with Gasteiger partial charge in [-0.05, 0) is 12.8 Å². The molecular formula is C13H21NO4. The lowest BCUT2D eigenvalue weighted by atomic mass is 10.1. The van der Waals surface area contributed by atoms with Crippen LogP contribution >= 0.6 is 0 Å². The van der Waals surface area contributed by atoms with Crippen molar-refractivity contribution >= 4 is 17.7 Å². The second kappa shape index (κ2) is 7.13. The first-order valence-corrected chi connectivity index (χ1v) is 6.51. The Morgan fingerprint density at radius 1 is 1.33 bits per heavy atom. The summed E-state index contributed by atoms with van der Waals surface area (Å²) in [5.74, 6) is -0.0140. The van der Waals surface area contributed by atoms with Crippen molar-refractivity contribution in [2.24, 2.45) is 5.92 Å². The molecule has 1 fully saturated rings. The molecule has 1 rings (SSSR count). The smallest absolute Gasteiger partial charge is 0.306 e. The molecule has 0 bridgehead atoms. The van der Waals surface area contributed by atoms with E-state index in [1.165, 1.54) is 0 Å². The van der Waals surface area contributed by atoms with E-state index in [1.54, 1.807) is 11.8 Å². The van der Waals surface area contributed by atoms with Crippen molar-refractivity contribution in [1.29, 1.82) is 0 Å². The average molecular weight is 255 g/mol. The third-order valence-electron chi connectivity index (χ3n) is 3.15. The first-order chi connectivity index (χ1) is 8.56. The normalized spacial score (nSPS) is 19.1. The summed E-state index contributed by atoms with van der Waals surface area (Å²) < 4.78 is 4.75. The van der Waals surface area contributed by atoms with Gasteiger partial charge in [-0.2, -0.15) is 0 Å². The number of hydrogen-bond donors (Lipinski definition) is 0. The molecule has 1 unspecified atom stereocenters. The van der Waals surface area contributed by atoms with Crippen molar-refractivity contribution in [3.05, 3.63) is 0 Å². The van der Waals surface area contributed by atoms with Crippen LogP contribution < -0.4 is 0 Å². The molecule has 0 aromatic heterocycles. The number of rotatable bonds is 7. The van der Waals surface area contributed by atoms with Gasteiger partial charge in [0.1, 0.15) is 0 Å². The minimum atomic E-state index is -0.356. The van der Waals surface area contributed by atoms with Crippen molar-refractivity contribution in [2.45, 2.75) is 39.5 Å². The molecule has 0 aromatic rings. The van der Waals surface area contributed by atoms with Gasteiger partial charge in [-0.3, -0.25) is 14.4 Å². The van der Waals surface area contributed by atoms with Crippen molar-refractivity contribution in [2.75, 3.05) is 19.7 Å². The summed E-state index contributed by atoms with van der Waals surface area (Å²) in [7, 11) is 0. The second-order valence-electron chi connectivity index (χ2n) is 4.60. The van der Waals surface area contributed by atoms with Gasteiger partial charge in [0.05, 0.1) is 19.6 Å². The predicted octanol–water partition coefficient (Wildman–Crippen LogP) is 1.16. The van der Waals surface area contributed by atoms with Gasteiger partial charge >= 0.3 is 5.97 Å². The molecule has 1 saturated heterocycles. The quantitative estimate of drug-likeness (QED) is 0.640. The number of amides is 1. The summed E-state index contributed by atoms with van der Waals surface area (Å²) in [6, 6.07) is 0. The number of ketones is 1. The topological polar surface area (TPSA) is 63.7 Å². The van der Waals surface area contributed by atoms with Crippen LogP contribution in [0, 0.1) is 5.92 Å². The fraction of sp³-hybridized carbons (Fsp3) is 0.769. The zero-order chi connectivity index (χ0) is 13.5. The highest BCUT2D eigenvalue weighted by Gasteiger charge is 2.29. The van der Waals surface area contributed by atoms with E-state index in [0.717, 1.165) is 6.42 Å². The first-order valence-electron chi connectivity index (χ1n) is 6.51. The number of Topliss-reactive ketones (excluding diaryl/α,β-unsaturated/α-hetero) is 1. The van der Waals surface area contributed by atoms with E-state index < -0.39 is 0 Å². The lowest BCUT2D eigenvalue weighted by Gasteiger charge is -2.15. The SMILES string of the molecule is CCOC(=O)CCC(=O)CN1CC(CC)CC1=O. The summed E-state index contributed by atoms with van der Waals surface area (Å²) in [5, 5.41) is 0. The van der Waals surface area contributed by atoms with E-state index in [1.807, 2.05) is 6.92 Å². The van der Waals surface area contributed by atoms with Gasteiger partial charge in [-0.1, -0.05) is 13.3 Å². The molecule has 0 radical (unpaired) electrons. The molecule has 0 saturated carbocycles. The summed E-state index contributed by atoms with van der Waals surface area (Å²) >= 11 is 0. The van der Waals surface area contributed by atoms with Crippen LogP contribution in [-0.4, -0.2) is 42.3 Å². The predicted molar refractivity (Wildman–Crippen MR) is 65.9 cm³/mol. The van der Waals surface area contributed by atoms with Crippen molar-refractivity contribution < 1.29 is 19.1 Å². The molecule has 0 aromatic carbocycles. The highest BCUT2D eigenvalue weighted by molar-refractivity contribution is 5.88. The van der Waals surface area contributed by atoms with Crippen LogP contribution in [0.5, 0.6) is 0 Å². The molecule has 1 atom stereocenters. The molecule has 1 aliphatic rings. The fourth-order valence-corrected chi connectivity index (χ4v) is 2.05. The van der Waals surface area contributed by atoms with E-state index in [0.29, 0.717) is 25.5 Å². The molecule has 5 nitrogen and oxygen atoms in total. The molecule has 1 aliphatic heterocycles. The van der Waals surface area contributed by atoms with Gasteiger partial charge in [0.2, 0.25) is 5.91 Å². The van der Waals surface area contributed by atoms with Crippen molar-refractivity contribution in [1.82, 2.24) is 4.90 Å². The lowest BCUT2D eigenvalue weighted by Crippen LogP contribution is -2.31. The number of nitrogens with zero attached hydrogens (tertiary/aromatic N) is 1. The zero-order valence-electron chi connectivity index (χ0n) is 11.1. The monoisotopic (exact) mass is 255 g/mol. The number of ether oxygens (including phenoxy) is 1. The van der Waals surface area contributed by atoms with E-state index in [-0.39, 0.29) is 37.0 Å². The first kappa shape index (κ1) is 14.7. The number of esters is 1. The van der Waals surface area contributed by atoms with Crippen LogP contribution in [0.3, 0.4) is 0 Å². The van der Waals surface area contributed by atoms with E-state index in [2.05, 4.69) is 0 Å². The number of carbonyl (C=O) groups excluding carboxylic acids is 3. The minimum Gasteiger partial charge on any atom is -0.466 e. The molecule has 18 heavy (non-hydrogen) atoms. The Morgan fingerprint density at radius 3 is 2.61 bits per heavy atom. The summed E-state index contributed by atoms with van der Waals surface area (Å²) in [6.07, 6.45) is 1.76. The largest absolute Gasteiger partial charge is 0.466 e. The maximum atomic E-state index is 11.6. The summed E-state index contributed by atoms with van der Waals surface area (Å²) in [4.78, 5) is 35.9. The number of likely N-dealkylation sites (tertiary alicyclic amines) is 1. The Balaban J connectivity index is 2.28. The second-order valence-corrected chi connectivity index (χ2v) is 4.60. The Bertz CT molecular complexity index is 327. The molecule has 102 valence electrons. The fourth-order valence-electron chi connectivity index (χ4n) is 2.05. The van der Waals surface area contributed by atoms with Gasteiger partial charge in [0.15, 0.2) is 5.78 Å². The van der Waals surface area contributed by atoms with Crippen LogP contribution in [0.25, 0.3) is 0 Å². The standard InChI is InChI=1S/C13H21NO4/c1-3-10-7-12(16)14(8-10)9-11(15)5-6-13(17)18-4-2/h10H,3-9H2,1-2H3. The van der Waals surface area contributed by atoms with E-state index in [9.17, 15) is 14.4 Å². The molecular weight excluding hydrogens is 234 g/mol. The van der Waals surface area contributed by atoms with Gasteiger partial charge in [0.25, 0.3) is 0 Å². The van der Waals surface area contributed by atoms with Gasteiger partial charge in [-0.15, -0.1) is 0 Å². The highest BCUT2D eigenvalue weighted by atomic mass is 16.5. The van der Waals surface area contributed by atoms with Crippen LogP contribution in [0.15, 0.2) is 0 Å². The molecule has 1 heterocycles. The Kier molecular flexibility index (Phi) is 5.82. The average Bonchev–Trinajstić information content (AvgIpc) is 2.68. The van der Waals surface area contributed by atoms with Crippen LogP contribution in [0.4, 0.5) is 0 Å². The lowest BCUT2D eigenvalue weighted by molar-refractivity contribution is -0.144. The van der Waals surface area contributed by atoms with E-state index >= 15 is 0 Å². The van der Waals surface area contributed by atoms with Crippen molar-refractivity contribution in [3.8, 4) is 0 Å². The maximum Gasteiger partial charge on any atom is 0.306 e. The molecule has 0 spiro atoms. The zero-order valence-corrected chi connectivity index (χ0v) is 11.1. The minimum absolute atomic E-state index is 0.0475. The highest BCUT2D eigenvalue weighted by Crippen LogP contribution is 2.20. The molecule has 1 amide bonds. The van der Waals surface area contributed by atoms with Gasteiger partial charge < -0.3 is 9.64 Å². The van der Waals surface area contributed by atoms with Crippen molar-refractivity contribution in [3.63, 3.8) is 0 Å². The molecule has 0 N–H and O–H groups in total. The Hall–Kier alpha value is -1.39. The molecule has 0 aliphatic carbocycles. The summed E-state index contributed by atoms with van der Waals surface area (Å²) in [5.41, 5.74) is 0. The number of carbonyl (C=O) groups is 3. The van der Waals surface area contributed by atoms with Crippen LogP contribution in [0.2, 0.25) is 0 Å². The maximum absolute atomic E-state index is 11.6. The van der Waals surface area contributed by atoms with E-state index in [4.69, 9.17) is 4.74 Å². The van der Waals surface area contributed by atoms with Crippen LogP contribution in [-0.2, 0) is 19.1 Å². The number of hydrogen-bond acceptors (Lipinski definition) is 4. The van der Waals surface area contributed by atoms with Gasteiger partial charge in [0, 0.05) is 19.4 Å². The third-order valence-corrected chi connectivity index (χ3v) is 3.15. The Morgan fingerprint density at radius 2 is 2.06 bits per heavy atom. The van der Waals surface area contributed by atoms with Gasteiger partial charge in [-0.25, -0.2) is 0 Å². The Labute approximate surface area is 107 Å². The summed E-state index contributed by atoms with van der Waals surface area (Å²) in [6.45, 7) is 4.91. The third kappa shape index (κ3) is 4.47.